The van der Waals surface area contributed by atoms with Gasteiger partial charge in [-0.3, -0.25) is 9.59 Å². The molecule has 2 fully saturated rings. The summed E-state index contributed by atoms with van der Waals surface area (Å²) in [6.45, 7) is 1.94. The van der Waals surface area contributed by atoms with Crippen molar-refractivity contribution >= 4 is 11.8 Å². The lowest BCUT2D eigenvalue weighted by Crippen LogP contribution is -2.43. The Morgan fingerprint density at radius 3 is 2.53 bits per heavy atom. The number of nitrogens with zero attached hydrogens (tertiary/aromatic N) is 3. The number of amides is 2. The molecule has 1 aromatic carbocycles. The number of nitrogens with one attached hydrogen (secondary N) is 1. The van der Waals surface area contributed by atoms with Gasteiger partial charge in [-0.2, -0.15) is 0 Å². The van der Waals surface area contributed by atoms with Gasteiger partial charge in [0.1, 0.15) is 11.9 Å². The first-order chi connectivity index (χ1) is 14.6. The summed E-state index contributed by atoms with van der Waals surface area (Å²) in [5.41, 5.74) is 2.09. The summed E-state index contributed by atoms with van der Waals surface area (Å²) in [5.74, 6) is -0.261. The van der Waals surface area contributed by atoms with E-state index in [-0.39, 0.29) is 36.3 Å². The molecule has 0 spiro atoms. The van der Waals surface area contributed by atoms with Crippen LogP contribution in [0.1, 0.15) is 53.5 Å². The van der Waals surface area contributed by atoms with E-state index in [0.717, 1.165) is 24.1 Å². The third-order valence-electron chi connectivity index (χ3n) is 6.25. The third-order valence-corrected chi connectivity index (χ3v) is 6.25. The molecule has 2 amide bonds. The molecule has 0 radical (unpaired) electrons. The molecule has 1 unspecified atom stereocenters. The van der Waals surface area contributed by atoms with Crippen LogP contribution in [0.4, 0.5) is 4.39 Å². The van der Waals surface area contributed by atoms with Gasteiger partial charge in [0.2, 0.25) is 5.91 Å². The van der Waals surface area contributed by atoms with E-state index in [1.807, 2.05) is 4.57 Å². The summed E-state index contributed by atoms with van der Waals surface area (Å²) >= 11 is 0. The molecule has 5 rings (SSSR count). The molecule has 1 saturated heterocycles. The van der Waals surface area contributed by atoms with Crippen LogP contribution in [0.5, 0.6) is 0 Å². The SMILES string of the molecule is O=C(NC1CC1)C1CCN(C(=O)c2ncn3c2COC(c2ccc(F)cc2)C3)CC1. The fourth-order valence-electron chi connectivity index (χ4n) is 4.23. The van der Waals surface area contributed by atoms with Gasteiger partial charge in [-0.25, -0.2) is 9.37 Å². The largest absolute Gasteiger partial charge is 0.365 e. The van der Waals surface area contributed by atoms with Gasteiger partial charge in [0, 0.05) is 25.0 Å². The van der Waals surface area contributed by atoms with E-state index in [2.05, 4.69) is 10.3 Å². The number of piperidine rings is 1. The Kier molecular flexibility index (Phi) is 5.02. The van der Waals surface area contributed by atoms with E-state index in [4.69, 9.17) is 4.74 Å². The minimum atomic E-state index is -0.278. The van der Waals surface area contributed by atoms with Gasteiger partial charge >= 0.3 is 0 Å². The number of ether oxygens (including phenoxy) is 1. The minimum absolute atomic E-state index is 0.00892. The number of rotatable bonds is 4. The number of carbonyl (C=O) groups excluding carboxylic acids is 2. The van der Waals surface area contributed by atoms with Crippen molar-refractivity contribution in [2.24, 2.45) is 5.92 Å². The van der Waals surface area contributed by atoms with Gasteiger partial charge in [0.15, 0.2) is 5.69 Å². The Balaban J connectivity index is 1.22. The van der Waals surface area contributed by atoms with Crippen molar-refractivity contribution in [1.82, 2.24) is 19.8 Å². The van der Waals surface area contributed by atoms with Crippen LogP contribution in [0, 0.1) is 11.7 Å². The number of hydrogen-bond acceptors (Lipinski definition) is 4. The molecule has 1 aromatic heterocycles. The quantitative estimate of drug-likeness (QED) is 0.837. The average molecular weight is 412 g/mol. The van der Waals surface area contributed by atoms with E-state index in [1.54, 1.807) is 23.4 Å². The Labute approximate surface area is 174 Å². The molecule has 3 aliphatic rings. The smallest absolute Gasteiger partial charge is 0.274 e. The summed E-state index contributed by atoms with van der Waals surface area (Å²) in [7, 11) is 0. The maximum absolute atomic E-state index is 13.2. The number of carbonyl (C=O) groups is 2. The van der Waals surface area contributed by atoms with Crippen molar-refractivity contribution < 1.29 is 18.7 Å². The van der Waals surface area contributed by atoms with Crippen LogP contribution in [-0.4, -0.2) is 45.4 Å². The van der Waals surface area contributed by atoms with Crippen LogP contribution in [0.25, 0.3) is 0 Å². The van der Waals surface area contributed by atoms with Gasteiger partial charge in [0.05, 0.1) is 25.2 Å². The number of likely N-dealkylation sites (tertiary alicyclic amines) is 1. The lowest BCUT2D eigenvalue weighted by atomic mass is 9.95. The van der Waals surface area contributed by atoms with Crippen molar-refractivity contribution in [1.29, 1.82) is 0 Å². The zero-order valence-corrected chi connectivity index (χ0v) is 16.7. The summed E-state index contributed by atoms with van der Waals surface area (Å²) in [4.78, 5) is 31.4. The van der Waals surface area contributed by atoms with Gasteiger partial charge in [-0.05, 0) is 43.4 Å². The first-order valence-electron chi connectivity index (χ1n) is 10.6. The van der Waals surface area contributed by atoms with Crippen molar-refractivity contribution in [3.63, 3.8) is 0 Å². The molecular weight excluding hydrogens is 387 g/mol. The third kappa shape index (κ3) is 3.84. The molecule has 1 aliphatic carbocycles. The molecule has 7 nitrogen and oxygen atoms in total. The Hall–Kier alpha value is -2.74. The summed E-state index contributed by atoms with van der Waals surface area (Å²) in [5, 5.41) is 3.06. The Morgan fingerprint density at radius 2 is 1.83 bits per heavy atom. The van der Waals surface area contributed by atoms with Crippen LogP contribution >= 0.6 is 0 Å². The lowest BCUT2D eigenvalue weighted by Gasteiger charge is -2.31. The molecule has 30 heavy (non-hydrogen) atoms. The highest BCUT2D eigenvalue weighted by Crippen LogP contribution is 2.29. The van der Waals surface area contributed by atoms with Crippen LogP contribution in [-0.2, 0) is 22.7 Å². The molecule has 8 heteroatoms. The van der Waals surface area contributed by atoms with Crippen LogP contribution < -0.4 is 5.32 Å². The molecule has 158 valence electrons. The normalized spacial score (nSPS) is 21.9. The number of hydrogen-bond donors (Lipinski definition) is 1. The predicted octanol–water partition coefficient (Wildman–Crippen LogP) is 2.42. The van der Waals surface area contributed by atoms with E-state index in [0.29, 0.717) is 44.2 Å². The van der Waals surface area contributed by atoms with Crippen molar-refractivity contribution in [3.05, 3.63) is 53.4 Å². The molecule has 0 bridgehead atoms. The topological polar surface area (TPSA) is 76.5 Å². The zero-order chi connectivity index (χ0) is 20.7. The molecule has 1 saturated carbocycles. The highest BCUT2D eigenvalue weighted by Gasteiger charge is 2.33. The monoisotopic (exact) mass is 412 g/mol. The van der Waals surface area contributed by atoms with Gasteiger partial charge in [-0.15, -0.1) is 0 Å². The summed E-state index contributed by atoms with van der Waals surface area (Å²) in [6.07, 6.45) is 5.01. The average Bonchev–Trinajstić information content (AvgIpc) is 3.49. The number of benzene rings is 1. The minimum Gasteiger partial charge on any atom is -0.365 e. The second kappa shape index (κ2) is 7.83. The number of halogens is 1. The maximum atomic E-state index is 13.2. The molecule has 2 aliphatic heterocycles. The highest BCUT2D eigenvalue weighted by molar-refractivity contribution is 5.93. The standard InChI is InChI=1S/C22H25FN4O3/c23-16-3-1-14(2-4-16)19-11-27-13-24-20(18(27)12-30-19)22(29)26-9-7-15(8-10-26)21(28)25-17-5-6-17/h1-4,13,15,17,19H,5-12H2,(H,25,28). The number of imidazole rings is 1. The predicted molar refractivity (Wildman–Crippen MR) is 106 cm³/mol. The number of fused-ring (bicyclic) bond motifs is 1. The fourth-order valence-corrected chi connectivity index (χ4v) is 4.23. The first-order valence-corrected chi connectivity index (χ1v) is 10.6. The van der Waals surface area contributed by atoms with Crippen LogP contribution in [0.2, 0.25) is 0 Å². The van der Waals surface area contributed by atoms with Crippen molar-refractivity contribution in [2.75, 3.05) is 13.1 Å². The van der Waals surface area contributed by atoms with Crippen molar-refractivity contribution in [2.45, 2.75) is 51.0 Å². The Morgan fingerprint density at radius 1 is 1.10 bits per heavy atom. The number of aromatic nitrogens is 2. The second-order valence-corrected chi connectivity index (χ2v) is 8.39. The van der Waals surface area contributed by atoms with E-state index < -0.39 is 0 Å². The fraction of sp³-hybridized carbons (Fsp3) is 0.500. The van der Waals surface area contributed by atoms with Crippen LogP contribution in [0.3, 0.4) is 0 Å². The van der Waals surface area contributed by atoms with E-state index in [1.165, 1.54) is 12.1 Å². The molecular formula is C22H25FN4O3. The molecule has 1 atom stereocenters. The molecule has 3 heterocycles. The van der Waals surface area contributed by atoms with Crippen molar-refractivity contribution in [3.8, 4) is 0 Å². The maximum Gasteiger partial charge on any atom is 0.274 e. The molecule has 1 N–H and O–H groups in total. The van der Waals surface area contributed by atoms with Gasteiger partial charge in [0.25, 0.3) is 5.91 Å². The second-order valence-electron chi connectivity index (χ2n) is 8.39. The lowest BCUT2D eigenvalue weighted by molar-refractivity contribution is -0.126. The van der Waals surface area contributed by atoms with E-state index in [9.17, 15) is 14.0 Å². The summed E-state index contributed by atoms with van der Waals surface area (Å²) < 4.78 is 21.1. The van der Waals surface area contributed by atoms with E-state index >= 15 is 0 Å². The van der Waals surface area contributed by atoms with Gasteiger partial charge in [-0.1, -0.05) is 12.1 Å². The molecule has 2 aromatic rings. The highest BCUT2D eigenvalue weighted by atomic mass is 19.1. The first kappa shape index (κ1) is 19.2. The Bertz CT molecular complexity index is 946. The van der Waals surface area contributed by atoms with Crippen LogP contribution in [0.15, 0.2) is 30.6 Å². The summed E-state index contributed by atoms with van der Waals surface area (Å²) in [6, 6.07) is 6.65. The van der Waals surface area contributed by atoms with Gasteiger partial charge < -0.3 is 19.5 Å². The zero-order valence-electron chi connectivity index (χ0n) is 16.7.